The highest BCUT2D eigenvalue weighted by Crippen LogP contribution is 2.27. The lowest BCUT2D eigenvalue weighted by Crippen LogP contribution is -2.01. The van der Waals surface area contributed by atoms with Gasteiger partial charge in [-0.25, -0.2) is 0 Å². The lowest BCUT2D eigenvalue weighted by atomic mass is 10.2. The zero-order valence-electron chi connectivity index (χ0n) is 7.54. The van der Waals surface area contributed by atoms with Crippen LogP contribution in [0, 0.1) is 0 Å². The molecular formula is C9H8N2O3S. The topological polar surface area (TPSA) is 86.2 Å². The van der Waals surface area contributed by atoms with Gasteiger partial charge in [0.15, 0.2) is 6.29 Å². The third-order valence-corrected chi connectivity index (χ3v) is 2.81. The van der Waals surface area contributed by atoms with Gasteiger partial charge < -0.3 is 15.2 Å². The van der Waals surface area contributed by atoms with E-state index in [1.165, 1.54) is 0 Å². The summed E-state index contributed by atoms with van der Waals surface area (Å²) < 4.78 is 0. The van der Waals surface area contributed by atoms with Crippen molar-refractivity contribution in [2.75, 3.05) is 0 Å². The minimum atomic E-state index is -1.68. The summed E-state index contributed by atoms with van der Waals surface area (Å²) in [6, 6.07) is 3.46. The number of nitrogens with zero attached hydrogens (tertiary/aromatic N) is 1. The summed E-state index contributed by atoms with van der Waals surface area (Å²) in [5.74, 6) is 0. The summed E-state index contributed by atoms with van der Waals surface area (Å²) in [5.41, 5.74) is 0.793. The van der Waals surface area contributed by atoms with Crippen molar-refractivity contribution in [1.82, 2.24) is 9.97 Å². The van der Waals surface area contributed by atoms with E-state index in [0.29, 0.717) is 10.4 Å². The van der Waals surface area contributed by atoms with Crippen LogP contribution in [0.2, 0.25) is 0 Å². The molecule has 0 aliphatic heterocycles. The molecule has 0 aliphatic carbocycles. The Morgan fingerprint density at radius 3 is 2.87 bits per heavy atom. The molecule has 0 atom stereocenters. The van der Waals surface area contributed by atoms with Crippen molar-refractivity contribution in [3.63, 3.8) is 0 Å². The lowest BCUT2D eigenvalue weighted by molar-refractivity contribution is -0.0450. The monoisotopic (exact) mass is 224 g/mol. The fourth-order valence-corrected chi connectivity index (χ4v) is 2.08. The highest BCUT2D eigenvalue weighted by molar-refractivity contribution is 7.13. The maximum atomic E-state index is 11.1. The van der Waals surface area contributed by atoms with Gasteiger partial charge in [-0.3, -0.25) is 9.78 Å². The first-order valence-corrected chi connectivity index (χ1v) is 4.99. The molecule has 2 aromatic heterocycles. The van der Waals surface area contributed by atoms with Gasteiger partial charge in [-0.1, -0.05) is 17.4 Å². The number of hydrogen-bond donors (Lipinski definition) is 3. The molecule has 15 heavy (non-hydrogen) atoms. The first kappa shape index (κ1) is 10.0. The summed E-state index contributed by atoms with van der Waals surface area (Å²) >= 11 is 0.925. The molecule has 5 nitrogen and oxygen atoms in total. The quantitative estimate of drug-likeness (QED) is 0.648. The molecule has 0 saturated heterocycles. The molecular weight excluding hydrogens is 216 g/mol. The lowest BCUT2D eigenvalue weighted by Gasteiger charge is -2.03. The molecule has 0 amide bonds. The second-order valence-corrected chi connectivity index (χ2v) is 3.86. The number of aliphatic hydroxyl groups is 2. The van der Waals surface area contributed by atoms with Crippen LogP contribution < -0.4 is 4.87 Å². The fraction of sp³-hybridized carbons (Fsp3) is 0.111. The van der Waals surface area contributed by atoms with Crippen LogP contribution in [-0.4, -0.2) is 20.2 Å². The first-order valence-electron chi connectivity index (χ1n) is 4.18. The number of thiazole rings is 1. The largest absolute Gasteiger partial charge is 0.363 e. The molecule has 2 aromatic rings. The van der Waals surface area contributed by atoms with Gasteiger partial charge in [0.2, 0.25) is 0 Å². The van der Waals surface area contributed by atoms with Crippen molar-refractivity contribution >= 4 is 11.3 Å². The number of nitrogens with one attached hydrogen (secondary N) is 1. The van der Waals surface area contributed by atoms with Crippen molar-refractivity contribution < 1.29 is 10.2 Å². The van der Waals surface area contributed by atoms with Gasteiger partial charge in [0.25, 0.3) is 0 Å². The normalized spacial score (nSPS) is 10.9. The summed E-state index contributed by atoms with van der Waals surface area (Å²) in [6.07, 6.45) is 1.48. The third-order valence-electron chi connectivity index (χ3n) is 1.86. The van der Waals surface area contributed by atoms with Crippen molar-refractivity contribution in [3.05, 3.63) is 39.9 Å². The van der Waals surface area contributed by atoms with Gasteiger partial charge >= 0.3 is 4.87 Å². The van der Waals surface area contributed by atoms with Gasteiger partial charge in [-0.15, -0.1) is 0 Å². The molecule has 0 fully saturated rings. The Bertz CT molecular complexity index is 504. The predicted octanol–water partition coefficient (Wildman–Crippen LogP) is 0.482. The van der Waals surface area contributed by atoms with Gasteiger partial charge in [-0.05, 0) is 6.07 Å². The smallest absolute Gasteiger partial charge is 0.305 e. The van der Waals surface area contributed by atoms with Gasteiger partial charge in [0.05, 0.1) is 10.6 Å². The minimum absolute atomic E-state index is 0.109. The predicted molar refractivity (Wildman–Crippen MR) is 55.3 cm³/mol. The summed E-state index contributed by atoms with van der Waals surface area (Å²) in [6.45, 7) is 0. The van der Waals surface area contributed by atoms with E-state index in [4.69, 9.17) is 10.2 Å². The molecule has 2 rings (SSSR count). The van der Waals surface area contributed by atoms with Crippen LogP contribution in [0.5, 0.6) is 0 Å². The van der Waals surface area contributed by atoms with E-state index in [0.717, 1.165) is 11.3 Å². The number of aromatic nitrogens is 2. The van der Waals surface area contributed by atoms with Crippen molar-refractivity contribution in [3.8, 4) is 10.4 Å². The zero-order chi connectivity index (χ0) is 10.8. The molecule has 2 heterocycles. The number of aliphatic hydroxyl groups excluding tert-OH is 1. The van der Waals surface area contributed by atoms with E-state index < -0.39 is 6.29 Å². The highest BCUT2D eigenvalue weighted by Gasteiger charge is 2.15. The Morgan fingerprint density at radius 1 is 1.47 bits per heavy atom. The number of pyridine rings is 1. The molecule has 78 valence electrons. The second kappa shape index (κ2) is 3.93. The van der Waals surface area contributed by atoms with Crippen molar-refractivity contribution in [2.45, 2.75) is 6.29 Å². The Balaban J connectivity index is 2.58. The van der Waals surface area contributed by atoms with Crippen LogP contribution in [0.1, 0.15) is 12.0 Å². The minimum Gasteiger partial charge on any atom is -0.363 e. The van der Waals surface area contributed by atoms with Crippen LogP contribution in [0.25, 0.3) is 10.4 Å². The maximum Gasteiger partial charge on any atom is 0.305 e. The second-order valence-electron chi connectivity index (χ2n) is 2.87. The molecule has 0 unspecified atom stereocenters. The van der Waals surface area contributed by atoms with E-state index in [9.17, 15) is 4.79 Å². The summed E-state index contributed by atoms with van der Waals surface area (Å²) in [7, 11) is 0. The Labute approximate surface area is 88.7 Å². The number of H-pyrrole nitrogens is 1. The third kappa shape index (κ3) is 1.96. The van der Waals surface area contributed by atoms with Crippen molar-refractivity contribution in [2.24, 2.45) is 0 Å². The molecule has 0 saturated carbocycles. The average molecular weight is 224 g/mol. The van der Waals surface area contributed by atoms with E-state index in [1.54, 1.807) is 24.5 Å². The summed E-state index contributed by atoms with van der Waals surface area (Å²) in [4.78, 5) is 17.6. The Kier molecular flexibility index (Phi) is 2.63. The van der Waals surface area contributed by atoms with Gasteiger partial charge in [-0.2, -0.15) is 0 Å². The molecule has 0 aromatic carbocycles. The van der Waals surface area contributed by atoms with Crippen molar-refractivity contribution in [1.29, 1.82) is 0 Å². The SMILES string of the molecule is O=c1[nH]c(C(O)O)c(-c2cccnc2)s1. The maximum absolute atomic E-state index is 11.1. The van der Waals surface area contributed by atoms with Gasteiger partial charge in [0.1, 0.15) is 0 Å². The Hall–Kier alpha value is -1.50. The highest BCUT2D eigenvalue weighted by atomic mass is 32.1. The zero-order valence-corrected chi connectivity index (χ0v) is 8.36. The first-order chi connectivity index (χ1) is 7.18. The molecule has 3 N–H and O–H groups in total. The van der Waals surface area contributed by atoms with E-state index in [2.05, 4.69) is 9.97 Å². The number of rotatable bonds is 2. The summed E-state index contributed by atoms with van der Waals surface area (Å²) in [5, 5.41) is 18.1. The van der Waals surface area contributed by atoms with Crippen LogP contribution in [0.15, 0.2) is 29.3 Å². The number of aromatic amines is 1. The molecule has 0 aliphatic rings. The van der Waals surface area contributed by atoms with E-state index >= 15 is 0 Å². The average Bonchev–Trinajstić information content (AvgIpc) is 2.62. The standard InChI is InChI=1S/C9H8N2O3S/c12-8(13)6-7(15-9(14)11-6)5-2-1-3-10-4-5/h1-4,8,12-13H,(H,11,14). The van der Waals surface area contributed by atoms with Crippen LogP contribution in [-0.2, 0) is 0 Å². The van der Waals surface area contributed by atoms with E-state index in [-0.39, 0.29) is 10.6 Å². The van der Waals surface area contributed by atoms with Crippen LogP contribution >= 0.6 is 11.3 Å². The molecule has 0 bridgehead atoms. The molecule has 0 radical (unpaired) electrons. The van der Waals surface area contributed by atoms with E-state index in [1.807, 2.05) is 0 Å². The van der Waals surface area contributed by atoms with Crippen LogP contribution in [0.3, 0.4) is 0 Å². The molecule has 0 spiro atoms. The fourth-order valence-electron chi connectivity index (χ4n) is 1.23. The van der Waals surface area contributed by atoms with Crippen LogP contribution in [0.4, 0.5) is 0 Å². The Morgan fingerprint density at radius 2 is 2.27 bits per heavy atom. The number of hydrogen-bond acceptors (Lipinski definition) is 5. The molecule has 6 heteroatoms. The van der Waals surface area contributed by atoms with Gasteiger partial charge in [0, 0.05) is 18.0 Å².